The van der Waals surface area contributed by atoms with E-state index in [0.29, 0.717) is 6.54 Å². The quantitative estimate of drug-likeness (QED) is 0.854. The smallest absolute Gasteiger partial charge is 0.119 e. The van der Waals surface area contributed by atoms with E-state index in [4.69, 9.17) is 10.5 Å². The maximum Gasteiger partial charge on any atom is 0.119 e. The third kappa shape index (κ3) is 1.82. The van der Waals surface area contributed by atoms with Crippen molar-refractivity contribution in [2.24, 2.45) is 5.73 Å². The van der Waals surface area contributed by atoms with Crippen LogP contribution in [0.3, 0.4) is 0 Å². The molecule has 2 aromatic rings. The molecule has 0 saturated carbocycles. The molecule has 0 aliphatic heterocycles. The van der Waals surface area contributed by atoms with Crippen LogP contribution in [0.5, 0.6) is 5.75 Å². The number of nitrogens with two attached hydrogens (primary N) is 1. The van der Waals surface area contributed by atoms with E-state index < -0.39 is 0 Å². The maximum atomic E-state index is 5.71. The van der Waals surface area contributed by atoms with Crippen LogP contribution in [0.15, 0.2) is 36.4 Å². The third-order valence-electron chi connectivity index (χ3n) is 2.70. The summed E-state index contributed by atoms with van der Waals surface area (Å²) in [5.41, 5.74) is 9.13. The molecule has 0 amide bonds. The van der Waals surface area contributed by atoms with Gasteiger partial charge in [0.25, 0.3) is 0 Å². The average Bonchev–Trinajstić information content (AvgIpc) is 2.70. The van der Waals surface area contributed by atoms with Crippen LogP contribution < -0.4 is 10.5 Å². The normalized spacial score (nSPS) is 10.4. The van der Waals surface area contributed by atoms with Crippen LogP contribution >= 0.6 is 0 Å². The number of rotatable bonds is 3. The summed E-state index contributed by atoms with van der Waals surface area (Å²) in [6, 6.07) is 12.1. The van der Waals surface area contributed by atoms with Crippen LogP contribution in [-0.4, -0.2) is 11.7 Å². The van der Waals surface area contributed by atoms with Gasteiger partial charge in [-0.3, -0.25) is 0 Å². The van der Waals surface area contributed by atoms with Crippen molar-refractivity contribution < 1.29 is 4.74 Å². The van der Waals surface area contributed by atoms with Crippen LogP contribution in [0.25, 0.3) is 5.69 Å². The van der Waals surface area contributed by atoms with Gasteiger partial charge in [0.15, 0.2) is 0 Å². The number of ether oxygens (including phenoxy) is 1. The van der Waals surface area contributed by atoms with E-state index in [0.717, 1.165) is 17.1 Å². The third-order valence-corrected chi connectivity index (χ3v) is 2.70. The molecular weight excluding hydrogens is 200 g/mol. The highest BCUT2D eigenvalue weighted by Crippen LogP contribution is 2.19. The monoisotopic (exact) mass is 216 g/mol. The molecule has 3 nitrogen and oxygen atoms in total. The Morgan fingerprint density at radius 1 is 1.12 bits per heavy atom. The predicted molar refractivity (Wildman–Crippen MR) is 64.9 cm³/mol. The second kappa shape index (κ2) is 4.41. The molecule has 84 valence electrons. The Balaban J connectivity index is 2.45. The van der Waals surface area contributed by atoms with Gasteiger partial charge in [0.1, 0.15) is 5.75 Å². The fourth-order valence-electron chi connectivity index (χ4n) is 1.85. The molecule has 0 radical (unpaired) electrons. The molecule has 3 heteroatoms. The molecular formula is C13H16N2O. The SMILES string of the molecule is COc1ccc(-n2c(C)ccc2CN)cc1. The molecule has 0 spiro atoms. The zero-order valence-electron chi connectivity index (χ0n) is 9.60. The molecule has 0 aliphatic rings. The van der Waals surface area contributed by atoms with E-state index in [1.165, 1.54) is 5.69 Å². The van der Waals surface area contributed by atoms with E-state index in [1.54, 1.807) is 7.11 Å². The van der Waals surface area contributed by atoms with Gasteiger partial charge >= 0.3 is 0 Å². The minimum Gasteiger partial charge on any atom is -0.497 e. The second-order valence-electron chi connectivity index (χ2n) is 3.70. The van der Waals surface area contributed by atoms with Gasteiger partial charge < -0.3 is 15.0 Å². The van der Waals surface area contributed by atoms with Crippen LogP contribution in [0.4, 0.5) is 0 Å². The van der Waals surface area contributed by atoms with Crippen LogP contribution in [-0.2, 0) is 6.54 Å². The van der Waals surface area contributed by atoms with Crippen LogP contribution in [0, 0.1) is 6.92 Å². The summed E-state index contributed by atoms with van der Waals surface area (Å²) in [7, 11) is 1.67. The van der Waals surface area contributed by atoms with E-state index in [-0.39, 0.29) is 0 Å². The Labute approximate surface area is 95.5 Å². The minimum atomic E-state index is 0.542. The summed E-state index contributed by atoms with van der Waals surface area (Å²) in [6.45, 7) is 2.61. The first kappa shape index (κ1) is 10.8. The van der Waals surface area contributed by atoms with Crippen molar-refractivity contribution >= 4 is 0 Å². The van der Waals surface area contributed by atoms with Crippen molar-refractivity contribution in [3.63, 3.8) is 0 Å². The van der Waals surface area contributed by atoms with Crippen molar-refractivity contribution in [2.45, 2.75) is 13.5 Å². The summed E-state index contributed by atoms with van der Waals surface area (Å²) < 4.78 is 7.29. The Morgan fingerprint density at radius 3 is 2.38 bits per heavy atom. The zero-order valence-corrected chi connectivity index (χ0v) is 9.60. The lowest BCUT2D eigenvalue weighted by molar-refractivity contribution is 0.414. The molecule has 16 heavy (non-hydrogen) atoms. The number of hydrogen-bond donors (Lipinski definition) is 1. The first-order chi connectivity index (χ1) is 7.76. The lowest BCUT2D eigenvalue weighted by atomic mass is 10.3. The molecule has 0 saturated heterocycles. The predicted octanol–water partition coefficient (Wildman–Crippen LogP) is 2.25. The number of aryl methyl sites for hydroxylation is 1. The van der Waals surface area contributed by atoms with Crippen molar-refractivity contribution in [1.29, 1.82) is 0 Å². The van der Waals surface area contributed by atoms with Crippen molar-refractivity contribution in [3.8, 4) is 11.4 Å². The van der Waals surface area contributed by atoms with Gasteiger partial charge in [0.2, 0.25) is 0 Å². The maximum absolute atomic E-state index is 5.71. The molecule has 1 aromatic heterocycles. The Morgan fingerprint density at radius 2 is 1.81 bits per heavy atom. The molecule has 2 rings (SSSR count). The second-order valence-corrected chi connectivity index (χ2v) is 3.70. The topological polar surface area (TPSA) is 40.2 Å². The molecule has 0 unspecified atom stereocenters. The summed E-state index contributed by atoms with van der Waals surface area (Å²) in [6.07, 6.45) is 0. The summed E-state index contributed by atoms with van der Waals surface area (Å²) in [5.74, 6) is 0.864. The molecule has 1 aromatic carbocycles. The standard InChI is InChI=1S/C13H16N2O/c1-10-3-4-12(9-14)15(10)11-5-7-13(16-2)8-6-11/h3-8H,9,14H2,1-2H3. The Hall–Kier alpha value is -1.74. The Bertz CT molecular complexity index is 471. The first-order valence-corrected chi connectivity index (χ1v) is 5.28. The van der Waals surface area contributed by atoms with Crippen molar-refractivity contribution in [1.82, 2.24) is 4.57 Å². The molecule has 0 bridgehead atoms. The molecule has 0 aliphatic carbocycles. The van der Waals surface area contributed by atoms with Crippen molar-refractivity contribution in [2.75, 3.05) is 7.11 Å². The van der Waals surface area contributed by atoms with Gasteiger partial charge in [-0.2, -0.15) is 0 Å². The lowest BCUT2D eigenvalue weighted by Gasteiger charge is -2.11. The Kier molecular flexibility index (Phi) is 2.97. The van der Waals surface area contributed by atoms with Gasteiger partial charge in [-0.25, -0.2) is 0 Å². The fourth-order valence-corrected chi connectivity index (χ4v) is 1.85. The van der Waals surface area contributed by atoms with E-state index in [9.17, 15) is 0 Å². The van der Waals surface area contributed by atoms with Gasteiger partial charge in [-0.15, -0.1) is 0 Å². The van der Waals surface area contributed by atoms with Gasteiger partial charge in [0, 0.05) is 23.6 Å². The first-order valence-electron chi connectivity index (χ1n) is 5.28. The number of aromatic nitrogens is 1. The molecule has 0 atom stereocenters. The lowest BCUT2D eigenvalue weighted by Crippen LogP contribution is -2.06. The van der Waals surface area contributed by atoms with Crippen LogP contribution in [0.2, 0.25) is 0 Å². The van der Waals surface area contributed by atoms with E-state index >= 15 is 0 Å². The number of nitrogens with zero attached hydrogens (tertiary/aromatic N) is 1. The molecule has 1 heterocycles. The highest BCUT2D eigenvalue weighted by atomic mass is 16.5. The zero-order chi connectivity index (χ0) is 11.5. The van der Waals surface area contributed by atoms with Gasteiger partial charge in [-0.05, 0) is 43.3 Å². The fraction of sp³-hybridized carbons (Fsp3) is 0.231. The highest BCUT2D eigenvalue weighted by Gasteiger charge is 2.05. The summed E-state index contributed by atoms with van der Waals surface area (Å²) in [5, 5.41) is 0. The van der Waals surface area contributed by atoms with Gasteiger partial charge in [-0.1, -0.05) is 0 Å². The largest absolute Gasteiger partial charge is 0.497 e. The van der Waals surface area contributed by atoms with E-state index in [1.807, 2.05) is 24.3 Å². The number of hydrogen-bond acceptors (Lipinski definition) is 2. The minimum absolute atomic E-state index is 0.542. The highest BCUT2D eigenvalue weighted by molar-refractivity contribution is 5.41. The summed E-state index contributed by atoms with van der Waals surface area (Å²) >= 11 is 0. The summed E-state index contributed by atoms with van der Waals surface area (Å²) in [4.78, 5) is 0. The van der Waals surface area contributed by atoms with Crippen molar-refractivity contribution in [3.05, 3.63) is 47.8 Å². The average molecular weight is 216 g/mol. The van der Waals surface area contributed by atoms with Gasteiger partial charge in [0.05, 0.1) is 7.11 Å². The molecule has 2 N–H and O–H groups in total. The number of methoxy groups -OCH3 is 1. The van der Waals surface area contributed by atoms with E-state index in [2.05, 4.69) is 23.6 Å². The van der Waals surface area contributed by atoms with Crippen LogP contribution in [0.1, 0.15) is 11.4 Å². The molecule has 0 fully saturated rings. The number of benzene rings is 1.